The lowest BCUT2D eigenvalue weighted by atomic mass is 10.0. The first-order chi connectivity index (χ1) is 13.1. The van der Waals surface area contributed by atoms with Gasteiger partial charge in [0.2, 0.25) is 0 Å². The molecule has 136 valence electrons. The second-order valence-electron chi connectivity index (χ2n) is 6.21. The molecule has 0 unspecified atom stereocenters. The normalized spacial score (nSPS) is 15.8. The number of anilines is 2. The fourth-order valence-corrected chi connectivity index (χ4v) is 3.24. The molecule has 4 rings (SSSR count). The zero-order valence-corrected chi connectivity index (χ0v) is 14.6. The van der Waals surface area contributed by atoms with Gasteiger partial charge in [-0.05, 0) is 48.5 Å². The Hall–Kier alpha value is -3.67. The lowest BCUT2D eigenvalue weighted by Crippen LogP contribution is -2.43. The fraction of sp³-hybridized carbons (Fsp3) is 0.0952. The molecular weight excluding hydrogens is 344 g/mol. The summed E-state index contributed by atoms with van der Waals surface area (Å²) in [4.78, 5) is 14.8. The van der Waals surface area contributed by atoms with E-state index in [4.69, 9.17) is 4.74 Å². The molecule has 3 N–H and O–H groups in total. The van der Waals surface area contributed by atoms with Gasteiger partial charge in [0.15, 0.2) is 0 Å². The molecule has 1 aliphatic rings. The highest BCUT2D eigenvalue weighted by Gasteiger charge is 2.35. The summed E-state index contributed by atoms with van der Waals surface area (Å²) in [6.07, 6.45) is -0.638. The number of fused-ring (bicyclic) bond motifs is 1. The molecule has 0 aromatic heterocycles. The van der Waals surface area contributed by atoms with Crippen LogP contribution >= 0.6 is 0 Å². The molecular formula is C21H18N2O4. The largest absolute Gasteiger partial charge is 0.508 e. The lowest BCUT2D eigenvalue weighted by molar-refractivity contribution is 0.0974. The zero-order valence-electron chi connectivity index (χ0n) is 14.6. The first kappa shape index (κ1) is 16.8. The molecule has 0 saturated heterocycles. The number of hydrogen-bond acceptors (Lipinski definition) is 5. The Morgan fingerprint density at radius 2 is 1.74 bits per heavy atom. The van der Waals surface area contributed by atoms with E-state index in [2.05, 4.69) is 5.32 Å². The highest BCUT2D eigenvalue weighted by Crippen LogP contribution is 2.40. The van der Waals surface area contributed by atoms with Crippen LogP contribution in [0.4, 0.5) is 11.4 Å². The summed E-state index contributed by atoms with van der Waals surface area (Å²) >= 11 is 0. The molecule has 0 aliphatic carbocycles. The third kappa shape index (κ3) is 2.91. The molecule has 27 heavy (non-hydrogen) atoms. The summed E-state index contributed by atoms with van der Waals surface area (Å²) in [7, 11) is 1.58. The SMILES string of the molecule is COc1ccc(N2C(=O)c3ccccc3N[C@H]2c2ccc(O)cc2O)cc1. The van der Waals surface area contributed by atoms with Crippen molar-refractivity contribution in [3.63, 3.8) is 0 Å². The number of phenols is 2. The van der Waals surface area contributed by atoms with E-state index in [-0.39, 0.29) is 17.4 Å². The number of phenolic OH excluding ortho intramolecular Hbond substituents is 2. The molecule has 1 heterocycles. The molecule has 3 aromatic carbocycles. The summed E-state index contributed by atoms with van der Waals surface area (Å²) in [6, 6.07) is 18.7. The van der Waals surface area contributed by atoms with Gasteiger partial charge in [0.25, 0.3) is 5.91 Å². The van der Waals surface area contributed by atoms with Gasteiger partial charge in [0, 0.05) is 23.0 Å². The van der Waals surface area contributed by atoms with E-state index in [0.29, 0.717) is 28.3 Å². The minimum atomic E-state index is -0.638. The van der Waals surface area contributed by atoms with Gasteiger partial charge < -0.3 is 20.3 Å². The van der Waals surface area contributed by atoms with Gasteiger partial charge in [-0.25, -0.2) is 0 Å². The summed E-state index contributed by atoms with van der Waals surface area (Å²) < 4.78 is 5.20. The maximum atomic E-state index is 13.3. The van der Waals surface area contributed by atoms with Crippen LogP contribution in [0.1, 0.15) is 22.1 Å². The number of amides is 1. The average Bonchev–Trinajstić information content (AvgIpc) is 2.68. The van der Waals surface area contributed by atoms with Crippen LogP contribution in [-0.2, 0) is 0 Å². The number of nitrogens with one attached hydrogen (secondary N) is 1. The quantitative estimate of drug-likeness (QED) is 0.659. The van der Waals surface area contributed by atoms with E-state index in [1.54, 1.807) is 48.4 Å². The monoisotopic (exact) mass is 362 g/mol. The highest BCUT2D eigenvalue weighted by molar-refractivity contribution is 6.12. The standard InChI is InChI=1S/C21H18N2O4/c1-27-15-9-6-13(7-10-15)23-20(17-11-8-14(24)12-19(17)25)22-18-5-3-2-4-16(18)21(23)26/h2-12,20,22,24-25H,1H3/t20-/m1/s1. The summed E-state index contributed by atoms with van der Waals surface area (Å²) in [5.41, 5.74) is 2.36. The smallest absolute Gasteiger partial charge is 0.262 e. The van der Waals surface area contributed by atoms with Crippen molar-refractivity contribution in [1.29, 1.82) is 0 Å². The Bertz CT molecular complexity index is 1000. The number of nitrogens with zero attached hydrogens (tertiary/aromatic N) is 1. The minimum absolute atomic E-state index is 0.0465. The second-order valence-corrected chi connectivity index (χ2v) is 6.21. The van der Waals surface area contributed by atoms with Gasteiger partial charge in [-0.3, -0.25) is 9.69 Å². The third-order valence-electron chi connectivity index (χ3n) is 4.59. The van der Waals surface area contributed by atoms with Gasteiger partial charge in [0.1, 0.15) is 23.4 Å². The number of para-hydroxylation sites is 1. The van der Waals surface area contributed by atoms with Crippen molar-refractivity contribution in [2.75, 3.05) is 17.3 Å². The molecule has 0 bridgehead atoms. The van der Waals surface area contributed by atoms with Gasteiger partial charge in [-0.2, -0.15) is 0 Å². The maximum Gasteiger partial charge on any atom is 0.262 e. The van der Waals surface area contributed by atoms with Gasteiger partial charge >= 0.3 is 0 Å². The minimum Gasteiger partial charge on any atom is -0.508 e. The van der Waals surface area contributed by atoms with Crippen molar-refractivity contribution in [2.45, 2.75) is 6.17 Å². The van der Waals surface area contributed by atoms with Crippen molar-refractivity contribution < 1.29 is 19.7 Å². The molecule has 1 amide bonds. The van der Waals surface area contributed by atoms with E-state index < -0.39 is 6.17 Å². The van der Waals surface area contributed by atoms with Crippen LogP contribution in [0.2, 0.25) is 0 Å². The Labute approximate surface area is 156 Å². The number of aromatic hydroxyl groups is 2. The topological polar surface area (TPSA) is 82.0 Å². The van der Waals surface area contributed by atoms with E-state index in [1.807, 2.05) is 18.2 Å². The molecule has 0 saturated carbocycles. The van der Waals surface area contributed by atoms with Gasteiger partial charge in [-0.1, -0.05) is 12.1 Å². The Balaban J connectivity index is 1.86. The van der Waals surface area contributed by atoms with Crippen LogP contribution in [0, 0.1) is 0 Å². The number of rotatable bonds is 3. The van der Waals surface area contributed by atoms with Crippen molar-refractivity contribution >= 4 is 17.3 Å². The highest BCUT2D eigenvalue weighted by atomic mass is 16.5. The van der Waals surface area contributed by atoms with E-state index in [1.165, 1.54) is 12.1 Å². The van der Waals surface area contributed by atoms with Gasteiger partial charge in [0.05, 0.1) is 12.7 Å². The number of methoxy groups -OCH3 is 1. The molecule has 3 aromatic rings. The first-order valence-electron chi connectivity index (χ1n) is 8.43. The number of ether oxygens (including phenoxy) is 1. The fourth-order valence-electron chi connectivity index (χ4n) is 3.24. The van der Waals surface area contributed by atoms with Crippen molar-refractivity contribution in [1.82, 2.24) is 0 Å². The zero-order chi connectivity index (χ0) is 19.0. The second kappa shape index (κ2) is 6.57. The Morgan fingerprint density at radius 3 is 2.44 bits per heavy atom. The molecule has 0 fully saturated rings. The van der Waals surface area contributed by atoms with E-state index in [0.717, 1.165) is 0 Å². The predicted octanol–water partition coefficient (Wildman–Crippen LogP) is 3.88. The molecule has 1 aliphatic heterocycles. The van der Waals surface area contributed by atoms with Gasteiger partial charge in [-0.15, -0.1) is 0 Å². The van der Waals surface area contributed by atoms with E-state index >= 15 is 0 Å². The number of hydrogen-bond donors (Lipinski definition) is 3. The van der Waals surface area contributed by atoms with Crippen LogP contribution in [0.15, 0.2) is 66.7 Å². The summed E-state index contributed by atoms with van der Waals surface area (Å²) in [5, 5.41) is 23.3. The summed E-state index contributed by atoms with van der Waals surface area (Å²) in [6.45, 7) is 0. The molecule has 0 radical (unpaired) electrons. The van der Waals surface area contributed by atoms with Crippen LogP contribution in [-0.4, -0.2) is 23.2 Å². The van der Waals surface area contributed by atoms with Crippen molar-refractivity contribution in [3.05, 3.63) is 77.9 Å². The van der Waals surface area contributed by atoms with Crippen molar-refractivity contribution in [2.24, 2.45) is 0 Å². The van der Waals surface area contributed by atoms with Crippen LogP contribution in [0.3, 0.4) is 0 Å². The summed E-state index contributed by atoms with van der Waals surface area (Å²) in [5.74, 6) is 0.348. The van der Waals surface area contributed by atoms with E-state index in [9.17, 15) is 15.0 Å². The average molecular weight is 362 g/mol. The van der Waals surface area contributed by atoms with Crippen LogP contribution in [0.5, 0.6) is 17.2 Å². The Kier molecular flexibility index (Phi) is 4.08. The number of carbonyl (C=O) groups excluding carboxylic acids is 1. The lowest BCUT2D eigenvalue weighted by Gasteiger charge is -2.38. The molecule has 1 atom stereocenters. The number of carbonyl (C=O) groups is 1. The maximum absolute atomic E-state index is 13.3. The molecule has 0 spiro atoms. The predicted molar refractivity (Wildman–Crippen MR) is 102 cm³/mol. The van der Waals surface area contributed by atoms with Crippen LogP contribution in [0.25, 0.3) is 0 Å². The molecule has 6 nitrogen and oxygen atoms in total. The third-order valence-corrected chi connectivity index (χ3v) is 4.59. The molecule has 6 heteroatoms. The first-order valence-corrected chi connectivity index (χ1v) is 8.43. The van der Waals surface area contributed by atoms with Crippen LogP contribution < -0.4 is 15.0 Å². The van der Waals surface area contributed by atoms with Crippen molar-refractivity contribution in [3.8, 4) is 17.2 Å². The number of benzene rings is 3. The Morgan fingerprint density at radius 1 is 1.00 bits per heavy atom.